The monoisotopic (exact) mass is 323 g/mol. The maximum atomic E-state index is 6.24. The summed E-state index contributed by atoms with van der Waals surface area (Å²) >= 11 is 0. The van der Waals surface area contributed by atoms with Gasteiger partial charge in [-0.25, -0.2) is 0 Å². The molecule has 1 aromatic rings. The minimum absolute atomic E-state index is 0.0405. The Hall–Kier alpha value is -0.873. The lowest BCUT2D eigenvalue weighted by Crippen LogP contribution is -2.43. The zero-order chi connectivity index (χ0) is 16.8. The average molecular weight is 324 g/mol. The molecule has 0 saturated heterocycles. The molecule has 1 heterocycles. The van der Waals surface area contributed by atoms with E-state index in [1.165, 1.54) is 6.42 Å². The lowest BCUT2D eigenvalue weighted by Gasteiger charge is -2.36. The molecule has 1 aromatic heterocycles. The van der Waals surface area contributed by atoms with E-state index in [0.29, 0.717) is 6.61 Å². The Morgan fingerprint density at radius 2 is 1.95 bits per heavy atom. The Bertz CT molecular complexity index is 455. The van der Waals surface area contributed by atoms with Gasteiger partial charge in [0.05, 0.1) is 12.3 Å². The van der Waals surface area contributed by atoms with Crippen molar-refractivity contribution in [2.24, 2.45) is 0 Å². The number of nitrogens with zero attached hydrogens (tertiary/aromatic N) is 1. The molecule has 0 aliphatic carbocycles. The first kappa shape index (κ1) is 19.2. The average Bonchev–Trinajstić information content (AvgIpc) is 2.43. The van der Waals surface area contributed by atoms with Gasteiger partial charge in [0, 0.05) is 6.20 Å². The summed E-state index contributed by atoms with van der Waals surface area (Å²) in [5, 5.41) is 0.229. The van der Waals surface area contributed by atoms with Crippen LogP contribution in [0.15, 0.2) is 18.3 Å². The van der Waals surface area contributed by atoms with Crippen LogP contribution in [-0.4, -0.2) is 26.0 Å². The summed E-state index contributed by atoms with van der Waals surface area (Å²) in [5.74, 6) is 0.905. The number of hydrogen-bond donors (Lipinski definition) is 0. The van der Waals surface area contributed by atoms with E-state index in [1.54, 1.807) is 0 Å². The molecule has 1 rings (SSSR count). The summed E-state index contributed by atoms with van der Waals surface area (Å²) < 4.78 is 12.3. The van der Waals surface area contributed by atoms with Crippen molar-refractivity contribution in [3.8, 4) is 5.75 Å². The first-order chi connectivity index (χ1) is 10.2. The fourth-order valence-corrected chi connectivity index (χ4v) is 2.94. The number of ether oxygens (including phenoxy) is 1. The zero-order valence-corrected chi connectivity index (χ0v) is 16.4. The lowest BCUT2D eigenvalue weighted by atomic mass is 10.2. The first-order valence-corrected chi connectivity index (χ1v) is 11.3. The summed E-state index contributed by atoms with van der Waals surface area (Å²) in [6.07, 6.45) is 5.16. The van der Waals surface area contributed by atoms with Crippen molar-refractivity contribution in [1.29, 1.82) is 0 Å². The van der Waals surface area contributed by atoms with E-state index in [4.69, 9.17) is 9.16 Å². The maximum absolute atomic E-state index is 6.24. The van der Waals surface area contributed by atoms with Gasteiger partial charge in [-0.1, -0.05) is 34.1 Å². The number of hydrogen-bond acceptors (Lipinski definition) is 3. The third-order valence-corrected chi connectivity index (χ3v) is 8.93. The standard InChI is InChI=1S/C18H33NO2Si/c1-8-9-11-16-17(12-10-13-19-16)21-15(2)14-20-22(6,7)18(3,4)5/h10,12-13,15H,8-9,11,14H2,1-7H3/t15-/m1/s1. The van der Waals surface area contributed by atoms with E-state index in [9.17, 15) is 0 Å². The highest BCUT2D eigenvalue weighted by molar-refractivity contribution is 6.74. The van der Waals surface area contributed by atoms with Gasteiger partial charge in [-0.3, -0.25) is 4.98 Å². The molecule has 0 fully saturated rings. The van der Waals surface area contributed by atoms with Crippen LogP contribution in [0, 0.1) is 0 Å². The number of aryl methyl sites for hydroxylation is 1. The molecule has 0 spiro atoms. The van der Waals surface area contributed by atoms with Crippen molar-refractivity contribution >= 4 is 8.32 Å². The van der Waals surface area contributed by atoms with E-state index in [-0.39, 0.29) is 11.1 Å². The summed E-state index contributed by atoms with van der Waals surface area (Å²) in [6, 6.07) is 3.95. The van der Waals surface area contributed by atoms with Gasteiger partial charge >= 0.3 is 0 Å². The fraction of sp³-hybridized carbons (Fsp3) is 0.722. The number of rotatable bonds is 8. The van der Waals surface area contributed by atoms with E-state index in [2.05, 4.69) is 52.7 Å². The molecule has 0 bridgehead atoms. The smallest absolute Gasteiger partial charge is 0.192 e. The largest absolute Gasteiger partial charge is 0.486 e. The van der Waals surface area contributed by atoms with Crippen LogP contribution in [0.5, 0.6) is 5.75 Å². The summed E-state index contributed by atoms with van der Waals surface area (Å²) in [6.45, 7) is 16.2. The van der Waals surface area contributed by atoms with Gasteiger partial charge in [0.15, 0.2) is 8.32 Å². The van der Waals surface area contributed by atoms with E-state index in [0.717, 1.165) is 24.3 Å². The zero-order valence-electron chi connectivity index (χ0n) is 15.4. The summed E-state index contributed by atoms with van der Waals surface area (Å²) in [7, 11) is -1.72. The molecular formula is C18H33NO2Si. The molecule has 0 aliphatic rings. The second-order valence-corrected chi connectivity index (χ2v) is 12.4. The molecule has 0 radical (unpaired) electrons. The molecule has 3 nitrogen and oxygen atoms in total. The van der Waals surface area contributed by atoms with Crippen molar-refractivity contribution in [1.82, 2.24) is 4.98 Å². The van der Waals surface area contributed by atoms with Gasteiger partial charge in [-0.2, -0.15) is 0 Å². The molecule has 0 aromatic carbocycles. The highest BCUT2D eigenvalue weighted by Gasteiger charge is 2.37. The lowest BCUT2D eigenvalue weighted by molar-refractivity contribution is 0.132. The molecule has 1 atom stereocenters. The van der Waals surface area contributed by atoms with Crippen LogP contribution in [0.1, 0.15) is 53.2 Å². The second kappa shape index (κ2) is 8.11. The van der Waals surface area contributed by atoms with Gasteiger partial charge in [0.1, 0.15) is 11.9 Å². The maximum Gasteiger partial charge on any atom is 0.192 e. The number of aromatic nitrogens is 1. The molecular weight excluding hydrogens is 290 g/mol. The normalized spacial score (nSPS) is 14.0. The van der Waals surface area contributed by atoms with Gasteiger partial charge in [0.25, 0.3) is 0 Å². The Kier molecular flexibility index (Phi) is 7.07. The van der Waals surface area contributed by atoms with E-state index >= 15 is 0 Å². The number of pyridine rings is 1. The minimum atomic E-state index is -1.72. The van der Waals surface area contributed by atoms with Crippen LogP contribution in [-0.2, 0) is 10.8 Å². The van der Waals surface area contributed by atoms with Gasteiger partial charge < -0.3 is 9.16 Å². The van der Waals surface area contributed by atoms with Crippen LogP contribution < -0.4 is 4.74 Å². The molecule has 22 heavy (non-hydrogen) atoms. The first-order valence-electron chi connectivity index (χ1n) is 8.42. The van der Waals surface area contributed by atoms with Crippen LogP contribution in [0.25, 0.3) is 0 Å². The highest BCUT2D eigenvalue weighted by Crippen LogP contribution is 2.36. The van der Waals surface area contributed by atoms with Crippen molar-refractivity contribution < 1.29 is 9.16 Å². The van der Waals surface area contributed by atoms with Crippen LogP contribution in [0.4, 0.5) is 0 Å². The molecule has 126 valence electrons. The van der Waals surface area contributed by atoms with Gasteiger partial charge in [-0.15, -0.1) is 0 Å². The summed E-state index contributed by atoms with van der Waals surface area (Å²) in [5.41, 5.74) is 1.06. The summed E-state index contributed by atoms with van der Waals surface area (Å²) in [4.78, 5) is 4.46. The molecule has 0 saturated carbocycles. The molecule has 0 N–H and O–H groups in total. The molecule has 4 heteroatoms. The second-order valence-electron chi connectivity index (χ2n) is 7.55. The third kappa shape index (κ3) is 5.73. The predicted octanol–water partition coefficient (Wildman–Crippen LogP) is 5.21. The topological polar surface area (TPSA) is 31.4 Å². The predicted molar refractivity (Wildman–Crippen MR) is 96.1 cm³/mol. The van der Waals surface area contributed by atoms with Gasteiger partial charge in [-0.05, 0) is 50.0 Å². The number of unbranched alkanes of at least 4 members (excludes halogenated alkanes) is 1. The van der Waals surface area contributed by atoms with Crippen molar-refractivity contribution in [3.63, 3.8) is 0 Å². The van der Waals surface area contributed by atoms with Crippen LogP contribution in [0.2, 0.25) is 18.1 Å². The van der Waals surface area contributed by atoms with Crippen molar-refractivity contribution in [3.05, 3.63) is 24.0 Å². The molecule has 0 aliphatic heterocycles. The SMILES string of the molecule is CCCCc1ncccc1O[C@H](C)CO[Si](C)(C)C(C)(C)C. The minimum Gasteiger partial charge on any atom is -0.486 e. The third-order valence-electron chi connectivity index (χ3n) is 4.43. The Labute approximate surface area is 137 Å². The van der Waals surface area contributed by atoms with Crippen LogP contribution >= 0.6 is 0 Å². The fourth-order valence-electron chi connectivity index (χ4n) is 1.86. The van der Waals surface area contributed by atoms with E-state index < -0.39 is 8.32 Å². The Morgan fingerprint density at radius 1 is 1.27 bits per heavy atom. The van der Waals surface area contributed by atoms with E-state index in [1.807, 2.05) is 18.3 Å². The van der Waals surface area contributed by atoms with Gasteiger partial charge in [0.2, 0.25) is 0 Å². The highest BCUT2D eigenvalue weighted by atomic mass is 28.4. The Balaban J connectivity index is 2.60. The molecule has 0 amide bonds. The quantitative estimate of drug-likeness (QED) is 0.615. The molecule has 0 unspecified atom stereocenters. The van der Waals surface area contributed by atoms with Crippen molar-refractivity contribution in [2.75, 3.05) is 6.61 Å². The Morgan fingerprint density at radius 3 is 2.55 bits per heavy atom. The van der Waals surface area contributed by atoms with Crippen LogP contribution in [0.3, 0.4) is 0 Å². The van der Waals surface area contributed by atoms with Crippen molar-refractivity contribution in [2.45, 2.75) is 78.1 Å².